The Hall–Kier alpha value is -2.30. The number of benzene rings is 1. The number of fused-ring (bicyclic) bond motifs is 3. The summed E-state index contributed by atoms with van der Waals surface area (Å²) in [6, 6.07) is 2.86. The molecule has 2 heterocycles. The van der Waals surface area contributed by atoms with E-state index in [4.69, 9.17) is 4.74 Å². The fraction of sp³-hybridized carbons (Fsp3) is 0.381. The molecule has 164 valence electrons. The molecule has 1 aliphatic rings. The Balaban J connectivity index is 1.60. The van der Waals surface area contributed by atoms with Gasteiger partial charge in [-0.1, -0.05) is 11.8 Å². The number of rotatable bonds is 7. The number of aromatic nitrogens is 2. The number of carbonyl (C=O) groups excluding carboxylic acids is 1. The van der Waals surface area contributed by atoms with Crippen molar-refractivity contribution in [2.24, 2.45) is 0 Å². The Morgan fingerprint density at radius 2 is 2.13 bits per heavy atom. The molecule has 3 aromatic rings. The van der Waals surface area contributed by atoms with Crippen LogP contribution in [0.1, 0.15) is 23.3 Å². The van der Waals surface area contributed by atoms with Crippen molar-refractivity contribution in [1.29, 1.82) is 0 Å². The minimum atomic E-state index is -0.722. The number of anilines is 1. The molecule has 1 N–H and O–H groups in total. The third-order valence-corrected chi connectivity index (χ3v) is 7.26. The third-order valence-electron chi connectivity index (χ3n) is 5.09. The summed E-state index contributed by atoms with van der Waals surface area (Å²) < 4.78 is 33.8. The molecular formula is C21H21F2N3O3S2. The van der Waals surface area contributed by atoms with Gasteiger partial charge in [-0.15, -0.1) is 11.3 Å². The number of ether oxygens (including phenoxy) is 1. The van der Waals surface area contributed by atoms with Crippen molar-refractivity contribution in [1.82, 2.24) is 9.55 Å². The Morgan fingerprint density at radius 1 is 1.32 bits per heavy atom. The Kier molecular flexibility index (Phi) is 6.68. The van der Waals surface area contributed by atoms with E-state index in [-0.39, 0.29) is 17.0 Å². The second kappa shape index (κ2) is 9.46. The van der Waals surface area contributed by atoms with Gasteiger partial charge >= 0.3 is 0 Å². The first-order valence-corrected chi connectivity index (χ1v) is 11.7. The van der Waals surface area contributed by atoms with Crippen LogP contribution in [0.4, 0.5) is 14.5 Å². The number of thiophene rings is 1. The molecule has 0 fully saturated rings. The molecule has 0 bridgehead atoms. The van der Waals surface area contributed by atoms with Crippen LogP contribution in [0.3, 0.4) is 0 Å². The predicted octanol–water partition coefficient (Wildman–Crippen LogP) is 3.99. The van der Waals surface area contributed by atoms with Crippen molar-refractivity contribution in [3.05, 3.63) is 50.6 Å². The first-order valence-electron chi connectivity index (χ1n) is 9.89. The van der Waals surface area contributed by atoms with Crippen LogP contribution in [0.15, 0.2) is 28.2 Å². The molecule has 0 saturated heterocycles. The zero-order valence-electron chi connectivity index (χ0n) is 16.9. The number of hydrogen-bond donors (Lipinski definition) is 1. The van der Waals surface area contributed by atoms with Gasteiger partial charge < -0.3 is 10.1 Å². The van der Waals surface area contributed by atoms with Gasteiger partial charge in [0.15, 0.2) is 5.16 Å². The van der Waals surface area contributed by atoms with Crippen molar-refractivity contribution >= 4 is 44.9 Å². The van der Waals surface area contributed by atoms with Gasteiger partial charge in [-0.2, -0.15) is 0 Å². The normalized spacial score (nSPS) is 13.4. The van der Waals surface area contributed by atoms with E-state index >= 15 is 0 Å². The lowest BCUT2D eigenvalue weighted by atomic mass is 9.97. The van der Waals surface area contributed by atoms with Gasteiger partial charge in [0.05, 0.1) is 30.0 Å². The number of methoxy groups -OCH3 is 1. The molecule has 1 amide bonds. The summed E-state index contributed by atoms with van der Waals surface area (Å²) in [5.41, 5.74) is 0.753. The Labute approximate surface area is 185 Å². The number of nitrogens with one attached hydrogen (secondary N) is 1. The molecular weight excluding hydrogens is 444 g/mol. The summed E-state index contributed by atoms with van der Waals surface area (Å²) in [4.78, 5) is 32.2. The maximum atomic E-state index is 13.8. The predicted molar refractivity (Wildman–Crippen MR) is 118 cm³/mol. The molecule has 0 spiro atoms. The maximum absolute atomic E-state index is 13.8. The standard InChI is InChI=1S/C21H21F2N3O3S2/c1-29-9-8-26-20(28)18-13-4-2-3-5-16(13)31-19(18)25-21(26)30-11-17(27)24-15-10-12(22)6-7-14(15)23/h6-7,10H,2-5,8-9,11H2,1H3,(H,24,27). The van der Waals surface area contributed by atoms with Crippen LogP contribution in [-0.4, -0.2) is 34.9 Å². The first-order chi connectivity index (χ1) is 15.0. The molecule has 0 atom stereocenters. The van der Waals surface area contributed by atoms with E-state index in [0.29, 0.717) is 28.5 Å². The van der Waals surface area contributed by atoms with Gasteiger partial charge in [-0.25, -0.2) is 13.8 Å². The summed E-state index contributed by atoms with van der Waals surface area (Å²) in [6.07, 6.45) is 4.00. The number of aryl methyl sites for hydroxylation is 2. The van der Waals surface area contributed by atoms with Crippen LogP contribution in [0.25, 0.3) is 10.2 Å². The van der Waals surface area contributed by atoms with E-state index in [1.807, 2.05) is 0 Å². The molecule has 2 aromatic heterocycles. The van der Waals surface area contributed by atoms with Crippen molar-refractivity contribution in [3.63, 3.8) is 0 Å². The lowest BCUT2D eigenvalue weighted by molar-refractivity contribution is -0.113. The lowest BCUT2D eigenvalue weighted by Crippen LogP contribution is -2.26. The highest BCUT2D eigenvalue weighted by Crippen LogP contribution is 2.34. The van der Waals surface area contributed by atoms with Crippen LogP contribution in [-0.2, 0) is 28.9 Å². The highest BCUT2D eigenvalue weighted by molar-refractivity contribution is 7.99. The van der Waals surface area contributed by atoms with E-state index in [1.165, 1.54) is 9.44 Å². The lowest BCUT2D eigenvalue weighted by Gasteiger charge is -2.13. The number of hydrogen-bond acceptors (Lipinski definition) is 6. The molecule has 1 aliphatic carbocycles. The number of amides is 1. The summed E-state index contributed by atoms with van der Waals surface area (Å²) in [5.74, 6) is -1.99. The van der Waals surface area contributed by atoms with Gasteiger partial charge in [-0.3, -0.25) is 14.2 Å². The molecule has 1 aromatic carbocycles. The molecule has 0 saturated carbocycles. The fourth-order valence-electron chi connectivity index (χ4n) is 3.62. The highest BCUT2D eigenvalue weighted by Gasteiger charge is 2.22. The van der Waals surface area contributed by atoms with Gasteiger partial charge in [0.25, 0.3) is 5.56 Å². The number of thioether (sulfide) groups is 1. The fourth-order valence-corrected chi connectivity index (χ4v) is 5.75. The zero-order chi connectivity index (χ0) is 22.0. The topological polar surface area (TPSA) is 73.2 Å². The molecule has 0 radical (unpaired) electrons. The van der Waals surface area contributed by atoms with E-state index in [0.717, 1.165) is 61.2 Å². The molecule has 6 nitrogen and oxygen atoms in total. The second-order valence-corrected chi connectivity index (χ2v) is 9.22. The van der Waals surface area contributed by atoms with Crippen molar-refractivity contribution in [3.8, 4) is 0 Å². The minimum absolute atomic E-state index is 0.105. The average Bonchev–Trinajstić information content (AvgIpc) is 3.13. The monoisotopic (exact) mass is 465 g/mol. The van der Waals surface area contributed by atoms with Crippen LogP contribution < -0.4 is 10.9 Å². The SMILES string of the molecule is COCCn1c(SCC(=O)Nc2cc(F)ccc2F)nc2sc3c(c2c1=O)CCCC3. The summed E-state index contributed by atoms with van der Waals surface area (Å²) in [5, 5.41) is 3.44. The van der Waals surface area contributed by atoms with Gasteiger partial charge in [0.1, 0.15) is 16.5 Å². The smallest absolute Gasteiger partial charge is 0.263 e. The largest absolute Gasteiger partial charge is 0.383 e. The molecule has 4 rings (SSSR count). The maximum Gasteiger partial charge on any atom is 0.263 e. The third kappa shape index (κ3) is 4.65. The second-order valence-electron chi connectivity index (χ2n) is 7.20. The molecule has 0 unspecified atom stereocenters. The van der Waals surface area contributed by atoms with Gasteiger partial charge in [-0.05, 0) is 43.4 Å². The minimum Gasteiger partial charge on any atom is -0.383 e. The summed E-state index contributed by atoms with van der Waals surface area (Å²) in [6.45, 7) is 0.638. The number of nitrogens with zero attached hydrogens (tertiary/aromatic N) is 2. The van der Waals surface area contributed by atoms with E-state index in [2.05, 4.69) is 10.3 Å². The number of halogens is 2. The van der Waals surface area contributed by atoms with Crippen LogP contribution in [0.5, 0.6) is 0 Å². The van der Waals surface area contributed by atoms with E-state index < -0.39 is 17.5 Å². The quantitative estimate of drug-likeness (QED) is 0.422. The summed E-state index contributed by atoms with van der Waals surface area (Å²) in [7, 11) is 1.55. The Morgan fingerprint density at radius 3 is 2.94 bits per heavy atom. The van der Waals surface area contributed by atoms with Gasteiger partial charge in [0.2, 0.25) is 5.91 Å². The zero-order valence-corrected chi connectivity index (χ0v) is 18.5. The molecule has 31 heavy (non-hydrogen) atoms. The summed E-state index contributed by atoms with van der Waals surface area (Å²) >= 11 is 2.62. The molecule has 10 heteroatoms. The van der Waals surface area contributed by atoms with Crippen molar-refractivity contribution < 1.29 is 18.3 Å². The molecule has 0 aliphatic heterocycles. The van der Waals surface area contributed by atoms with Crippen molar-refractivity contribution in [2.45, 2.75) is 37.4 Å². The first kappa shape index (κ1) is 21.9. The van der Waals surface area contributed by atoms with Crippen molar-refractivity contribution in [2.75, 3.05) is 24.8 Å². The van der Waals surface area contributed by atoms with E-state index in [1.54, 1.807) is 18.4 Å². The van der Waals surface area contributed by atoms with E-state index in [9.17, 15) is 18.4 Å². The average molecular weight is 466 g/mol. The highest BCUT2D eigenvalue weighted by atomic mass is 32.2. The van der Waals surface area contributed by atoms with Crippen LogP contribution >= 0.6 is 23.1 Å². The van der Waals surface area contributed by atoms with Crippen LogP contribution in [0.2, 0.25) is 0 Å². The number of carbonyl (C=O) groups is 1. The van der Waals surface area contributed by atoms with Gasteiger partial charge in [0, 0.05) is 18.1 Å². The Bertz CT molecular complexity index is 1190. The van der Waals surface area contributed by atoms with Crippen LogP contribution in [0, 0.1) is 11.6 Å².